The van der Waals surface area contributed by atoms with Gasteiger partial charge < -0.3 is 15.0 Å². The summed E-state index contributed by atoms with van der Waals surface area (Å²) in [6, 6.07) is 0.747. The Balaban J connectivity index is 1.80. The van der Waals surface area contributed by atoms with E-state index in [0.29, 0.717) is 6.10 Å². The summed E-state index contributed by atoms with van der Waals surface area (Å²) < 4.78 is 5.79. The van der Waals surface area contributed by atoms with Crippen molar-refractivity contribution in [3.63, 3.8) is 0 Å². The lowest BCUT2D eigenvalue weighted by Gasteiger charge is -2.36. The minimum atomic E-state index is 0.501. The van der Waals surface area contributed by atoms with E-state index in [1.54, 1.807) is 0 Å². The molecule has 112 valence electrons. The maximum atomic E-state index is 5.79. The molecule has 0 radical (unpaired) electrons. The molecule has 3 atom stereocenters. The maximum absolute atomic E-state index is 5.79. The van der Waals surface area contributed by atoms with Gasteiger partial charge in [-0.15, -0.1) is 0 Å². The Morgan fingerprint density at radius 2 is 1.89 bits per heavy atom. The second kappa shape index (κ2) is 8.23. The highest BCUT2D eigenvalue weighted by molar-refractivity contribution is 4.83. The van der Waals surface area contributed by atoms with E-state index in [4.69, 9.17) is 4.74 Å². The molecule has 3 unspecified atom stereocenters. The summed E-state index contributed by atoms with van der Waals surface area (Å²) in [5.74, 6) is 0.843. The Kier molecular flexibility index (Phi) is 6.62. The summed E-state index contributed by atoms with van der Waals surface area (Å²) in [6.07, 6.45) is 8.62. The number of hydrogen-bond donors (Lipinski definition) is 1. The SMILES string of the molecule is CCNC1CCCCC1CN(CC)CC1CCCO1. The van der Waals surface area contributed by atoms with E-state index in [0.717, 1.165) is 38.2 Å². The molecule has 3 heteroatoms. The molecule has 2 fully saturated rings. The normalized spacial score (nSPS) is 32.1. The van der Waals surface area contributed by atoms with E-state index in [-0.39, 0.29) is 0 Å². The molecule has 0 spiro atoms. The van der Waals surface area contributed by atoms with Crippen LogP contribution < -0.4 is 5.32 Å². The number of nitrogens with one attached hydrogen (secondary N) is 1. The lowest BCUT2D eigenvalue weighted by atomic mass is 9.84. The fraction of sp³-hybridized carbons (Fsp3) is 1.00. The van der Waals surface area contributed by atoms with Crippen molar-refractivity contribution < 1.29 is 4.74 Å². The molecule has 0 amide bonds. The van der Waals surface area contributed by atoms with Crippen molar-refractivity contribution in [2.75, 3.05) is 32.8 Å². The van der Waals surface area contributed by atoms with Gasteiger partial charge in [0.25, 0.3) is 0 Å². The van der Waals surface area contributed by atoms with Crippen LogP contribution in [0.5, 0.6) is 0 Å². The molecule has 0 aromatic carbocycles. The Labute approximate surface area is 119 Å². The van der Waals surface area contributed by atoms with Crippen molar-refractivity contribution in [2.24, 2.45) is 5.92 Å². The van der Waals surface area contributed by atoms with Gasteiger partial charge in [-0.2, -0.15) is 0 Å². The van der Waals surface area contributed by atoms with Gasteiger partial charge in [0, 0.05) is 25.7 Å². The predicted octanol–water partition coefficient (Wildman–Crippen LogP) is 2.66. The monoisotopic (exact) mass is 268 g/mol. The van der Waals surface area contributed by atoms with Gasteiger partial charge in [0.2, 0.25) is 0 Å². The van der Waals surface area contributed by atoms with Crippen LogP contribution in [0.4, 0.5) is 0 Å². The quantitative estimate of drug-likeness (QED) is 0.768. The topological polar surface area (TPSA) is 24.5 Å². The third-order valence-corrected chi connectivity index (χ3v) is 4.80. The van der Waals surface area contributed by atoms with Gasteiger partial charge in [0.05, 0.1) is 6.10 Å². The number of ether oxygens (including phenoxy) is 1. The first-order valence-corrected chi connectivity index (χ1v) is 8.40. The van der Waals surface area contributed by atoms with E-state index in [1.807, 2.05) is 0 Å². The molecule has 0 aromatic rings. The molecule has 1 aliphatic heterocycles. The Morgan fingerprint density at radius 1 is 1.05 bits per heavy atom. The van der Waals surface area contributed by atoms with Crippen LogP contribution in [0, 0.1) is 5.92 Å². The van der Waals surface area contributed by atoms with Gasteiger partial charge in [-0.25, -0.2) is 0 Å². The van der Waals surface area contributed by atoms with E-state index in [1.165, 1.54) is 45.1 Å². The van der Waals surface area contributed by atoms with Gasteiger partial charge in [0.15, 0.2) is 0 Å². The van der Waals surface area contributed by atoms with E-state index < -0.39 is 0 Å². The zero-order valence-corrected chi connectivity index (χ0v) is 12.9. The first-order chi connectivity index (χ1) is 9.33. The summed E-state index contributed by atoms with van der Waals surface area (Å²) in [5.41, 5.74) is 0. The van der Waals surface area contributed by atoms with Crippen molar-refractivity contribution in [3.8, 4) is 0 Å². The molecule has 1 heterocycles. The van der Waals surface area contributed by atoms with Crippen molar-refractivity contribution in [2.45, 2.75) is 64.5 Å². The highest BCUT2D eigenvalue weighted by Crippen LogP contribution is 2.26. The number of likely N-dealkylation sites (N-methyl/N-ethyl adjacent to an activating group) is 1. The zero-order valence-electron chi connectivity index (χ0n) is 12.9. The van der Waals surface area contributed by atoms with Gasteiger partial charge in [-0.1, -0.05) is 26.7 Å². The third-order valence-electron chi connectivity index (χ3n) is 4.80. The first-order valence-electron chi connectivity index (χ1n) is 8.40. The highest BCUT2D eigenvalue weighted by Gasteiger charge is 2.27. The van der Waals surface area contributed by atoms with Crippen molar-refractivity contribution in [1.82, 2.24) is 10.2 Å². The Bertz CT molecular complexity index is 239. The van der Waals surface area contributed by atoms with Gasteiger partial charge in [-0.3, -0.25) is 0 Å². The third kappa shape index (κ3) is 4.73. The van der Waals surface area contributed by atoms with Crippen LogP contribution in [0.3, 0.4) is 0 Å². The molecule has 19 heavy (non-hydrogen) atoms. The highest BCUT2D eigenvalue weighted by atomic mass is 16.5. The second-order valence-electron chi connectivity index (χ2n) is 6.20. The molecule has 1 saturated carbocycles. The molecular formula is C16H32N2O. The van der Waals surface area contributed by atoms with Crippen LogP contribution in [0.15, 0.2) is 0 Å². The molecule has 0 bridgehead atoms. The van der Waals surface area contributed by atoms with Crippen LogP contribution in [0.2, 0.25) is 0 Å². The van der Waals surface area contributed by atoms with Crippen LogP contribution in [-0.4, -0.2) is 49.8 Å². The first kappa shape index (κ1) is 15.3. The average molecular weight is 268 g/mol. The minimum Gasteiger partial charge on any atom is -0.377 e. The summed E-state index contributed by atoms with van der Waals surface area (Å²) in [5, 5.41) is 3.70. The van der Waals surface area contributed by atoms with Gasteiger partial charge in [0.1, 0.15) is 0 Å². The summed E-state index contributed by atoms with van der Waals surface area (Å²) in [4.78, 5) is 2.62. The predicted molar refractivity (Wildman–Crippen MR) is 80.5 cm³/mol. The lowest BCUT2D eigenvalue weighted by molar-refractivity contribution is 0.0633. The van der Waals surface area contributed by atoms with Gasteiger partial charge in [-0.05, 0) is 44.7 Å². The minimum absolute atomic E-state index is 0.501. The van der Waals surface area contributed by atoms with Crippen LogP contribution in [0.25, 0.3) is 0 Å². The molecule has 2 aliphatic rings. The van der Waals surface area contributed by atoms with Crippen LogP contribution >= 0.6 is 0 Å². The van der Waals surface area contributed by atoms with E-state index in [2.05, 4.69) is 24.1 Å². The van der Waals surface area contributed by atoms with E-state index in [9.17, 15) is 0 Å². The Morgan fingerprint density at radius 3 is 2.58 bits per heavy atom. The lowest BCUT2D eigenvalue weighted by Crippen LogP contribution is -2.45. The molecule has 0 aromatic heterocycles. The molecule has 3 nitrogen and oxygen atoms in total. The fourth-order valence-electron chi connectivity index (χ4n) is 3.70. The zero-order chi connectivity index (χ0) is 13.5. The van der Waals surface area contributed by atoms with Crippen molar-refractivity contribution in [1.29, 1.82) is 0 Å². The van der Waals surface area contributed by atoms with Crippen LogP contribution in [0.1, 0.15) is 52.4 Å². The summed E-state index contributed by atoms with van der Waals surface area (Å²) >= 11 is 0. The van der Waals surface area contributed by atoms with Crippen LogP contribution in [-0.2, 0) is 4.74 Å². The largest absolute Gasteiger partial charge is 0.377 e. The number of rotatable bonds is 7. The number of nitrogens with zero attached hydrogens (tertiary/aromatic N) is 1. The molecule has 1 aliphatic carbocycles. The molecular weight excluding hydrogens is 236 g/mol. The summed E-state index contributed by atoms with van der Waals surface area (Å²) in [6.45, 7) is 10.2. The second-order valence-corrected chi connectivity index (χ2v) is 6.20. The average Bonchev–Trinajstić information content (AvgIpc) is 2.93. The molecule has 1 N–H and O–H groups in total. The standard InChI is InChI=1S/C16H32N2O/c1-3-17-16-10-6-5-8-14(16)12-18(4-2)13-15-9-7-11-19-15/h14-17H,3-13H2,1-2H3. The van der Waals surface area contributed by atoms with Crippen molar-refractivity contribution >= 4 is 0 Å². The molecule has 1 saturated heterocycles. The van der Waals surface area contributed by atoms with Gasteiger partial charge >= 0.3 is 0 Å². The number of hydrogen-bond acceptors (Lipinski definition) is 3. The Hall–Kier alpha value is -0.120. The van der Waals surface area contributed by atoms with E-state index >= 15 is 0 Å². The summed E-state index contributed by atoms with van der Waals surface area (Å²) in [7, 11) is 0. The van der Waals surface area contributed by atoms with Crippen molar-refractivity contribution in [3.05, 3.63) is 0 Å². The smallest absolute Gasteiger partial charge is 0.0702 e. The maximum Gasteiger partial charge on any atom is 0.0702 e. The molecule has 2 rings (SSSR count). The fourth-order valence-corrected chi connectivity index (χ4v) is 3.70.